The molecule has 0 aliphatic carbocycles. The van der Waals surface area contributed by atoms with Crippen LogP contribution in [0.1, 0.15) is 37.8 Å². The van der Waals surface area contributed by atoms with E-state index in [1.165, 1.54) is 5.56 Å². The maximum absolute atomic E-state index is 10.3. The molecule has 0 amide bonds. The van der Waals surface area contributed by atoms with Gasteiger partial charge in [0.15, 0.2) is 0 Å². The lowest BCUT2D eigenvalue weighted by Gasteiger charge is -2.23. The van der Waals surface area contributed by atoms with Crippen LogP contribution in [0.25, 0.3) is 0 Å². The van der Waals surface area contributed by atoms with Gasteiger partial charge in [-0.2, -0.15) is 0 Å². The van der Waals surface area contributed by atoms with E-state index in [2.05, 4.69) is 35.0 Å². The summed E-state index contributed by atoms with van der Waals surface area (Å²) >= 11 is 3.53. The molecular weight excluding hydrogens is 280 g/mol. The maximum atomic E-state index is 10.3. The molecule has 2 nitrogen and oxygen atoms in total. The SMILES string of the molecule is CCCC(C)(O)Cc1cc(Br)cc2c1OCC2. The van der Waals surface area contributed by atoms with Crippen LogP contribution in [0.3, 0.4) is 0 Å². The predicted molar refractivity (Wildman–Crippen MR) is 72.6 cm³/mol. The molecule has 0 saturated heterocycles. The number of benzene rings is 1. The third kappa shape index (κ3) is 3.02. The van der Waals surface area contributed by atoms with Gasteiger partial charge in [0.25, 0.3) is 0 Å². The molecule has 0 radical (unpaired) electrons. The molecule has 1 N–H and O–H groups in total. The second-order valence-corrected chi connectivity index (χ2v) is 5.99. The topological polar surface area (TPSA) is 29.5 Å². The van der Waals surface area contributed by atoms with E-state index in [0.29, 0.717) is 6.42 Å². The Kier molecular flexibility index (Phi) is 3.79. The molecule has 1 aromatic rings. The first-order chi connectivity index (χ1) is 8.02. The van der Waals surface area contributed by atoms with Gasteiger partial charge < -0.3 is 9.84 Å². The molecule has 1 heterocycles. The number of aliphatic hydroxyl groups is 1. The summed E-state index contributed by atoms with van der Waals surface area (Å²) in [6.07, 6.45) is 3.43. The normalized spacial score (nSPS) is 17.4. The molecule has 2 rings (SSSR count). The first-order valence-electron chi connectivity index (χ1n) is 6.18. The molecule has 1 unspecified atom stereocenters. The number of hydrogen-bond donors (Lipinski definition) is 1. The third-order valence-corrected chi connectivity index (χ3v) is 3.64. The van der Waals surface area contributed by atoms with E-state index in [-0.39, 0.29) is 0 Å². The molecule has 0 spiro atoms. The second kappa shape index (κ2) is 4.99. The van der Waals surface area contributed by atoms with E-state index >= 15 is 0 Å². The van der Waals surface area contributed by atoms with E-state index in [1.54, 1.807) is 0 Å². The monoisotopic (exact) mass is 298 g/mol. The van der Waals surface area contributed by atoms with Crippen LogP contribution >= 0.6 is 15.9 Å². The fraction of sp³-hybridized carbons (Fsp3) is 0.571. The van der Waals surface area contributed by atoms with Gasteiger partial charge in [0.05, 0.1) is 12.2 Å². The van der Waals surface area contributed by atoms with Gasteiger partial charge >= 0.3 is 0 Å². The minimum Gasteiger partial charge on any atom is -0.493 e. The number of rotatable bonds is 4. The van der Waals surface area contributed by atoms with Gasteiger partial charge in [-0.1, -0.05) is 29.3 Å². The van der Waals surface area contributed by atoms with Crippen molar-refractivity contribution in [2.75, 3.05) is 6.61 Å². The van der Waals surface area contributed by atoms with Crippen LogP contribution in [0, 0.1) is 0 Å². The minimum atomic E-state index is -0.644. The zero-order valence-corrected chi connectivity index (χ0v) is 12.0. The summed E-state index contributed by atoms with van der Waals surface area (Å²) in [5.74, 6) is 0.990. The lowest BCUT2D eigenvalue weighted by molar-refractivity contribution is 0.0499. The first-order valence-corrected chi connectivity index (χ1v) is 6.97. The Morgan fingerprint density at radius 3 is 2.94 bits per heavy atom. The zero-order chi connectivity index (χ0) is 12.5. The Bertz CT molecular complexity index is 413. The Morgan fingerprint density at radius 2 is 2.24 bits per heavy atom. The van der Waals surface area contributed by atoms with Gasteiger partial charge in [0.1, 0.15) is 5.75 Å². The summed E-state index contributed by atoms with van der Waals surface area (Å²) in [5.41, 5.74) is 1.72. The Labute approximate surface area is 111 Å². The molecule has 1 atom stereocenters. The Hall–Kier alpha value is -0.540. The lowest BCUT2D eigenvalue weighted by Crippen LogP contribution is -2.27. The Balaban J connectivity index is 2.27. The maximum Gasteiger partial charge on any atom is 0.125 e. The predicted octanol–water partition coefficient (Wildman–Crippen LogP) is 3.48. The van der Waals surface area contributed by atoms with Gasteiger partial charge in [-0.25, -0.2) is 0 Å². The van der Waals surface area contributed by atoms with Gasteiger partial charge in [-0.3, -0.25) is 0 Å². The van der Waals surface area contributed by atoms with E-state index in [9.17, 15) is 5.11 Å². The quantitative estimate of drug-likeness (QED) is 0.922. The molecule has 94 valence electrons. The van der Waals surface area contributed by atoms with Crippen LogP contribution in [-0.4, -0.2) is 17.3 Å². The smallest absolute Gasteiger partial charge is 0.125 e. The van der Waals surface area contributed by atoms with Gasteiger partial charge in [-0.15, -0.1) is 0 Å². The summed E-state index contributed by atoms with van der Waals surface area (Å²) in [7, 11) is 0. The van der Waals surface area contributed by atoms with Crippen molar-refractivity contribution in [3.63, 3.8) is 0 Å². The number of halogens is 1. The molecule has 3 heteroatoms. The lowest BCUT2D eigenvalue weighted by atomic mass is 9.91. The summed E-state index contributed by atoms with van der Waals surface area (Å²) < 4.78 is 6.75. The van der Waals surface area contributed by atoms with Crippen LogP contribution in [0.2, 0.25) is 0 Å². The van der Waals surface area contributed by atoms with Crippen molar-refractivity contribution in [3.05, 3.63) is 27.7 Å². The largest absolute Gasteiger partial charge is 0.493 e. The van der Waals surface area contributed by atoms with E-state index in [4.69, 9.17) is 4.74 Å². The minimum absolute atomic E-state index is 0.644. The highest BCUT2D eigenvalue weighted by Crippen LogP contribution is 2.35. The van der Waals surface area contributed by atoms with Crippen LogP contribution < -0.4 is 4.74 Å². The molecule has 0 aromatic heterocycles. The highest BCUT2D eigenvalue weighted by Gasteiger charge is 2.25. The van der Waals surface area contributed by atoms with Gasteiger partial charge in [0, 0.05) is 17.3 Å². The van der Waals surface area contributed by atoms with Crippen molar-refractivity contribution >= 4 is 15.9 Å². The molecule has 0 saturated carbocycles. The van der Waals surface area contributed by atoms with Crippen molar-refractivity contribution in [1.29, 1.82) is 0 Å². The van der Waals surface area contributed by atoms with Crippen molar-refractivity contribution in [3.8, 4) is 5.75 Å². The fourth-order valence-electron chi connectivity index (χ4n) is 2.51. The van der Waals surface area contributed by atoms with E-state index in [0.717, 1.165) is 41.7 Å². The third-order valence-electron chi connectivity index (χ3n) is 3.19. The molecule has 1 aromatic carbocycles. The van der Waals surface area contributed by atoms with Crippen LogP contribution in [0.15, 0.2) is 16.6 Å². The van der Waals surface area contributed by atoms with Crippen LogP contribution in [-0.2, 0) is 12.8 Å². The first kappa shape index (κ1) is 12.9. The van der Waals surface area contributed by atoms with Crippen molar-refractivity contribution in [2.45, 2.75) is 45.1 Å². The summed E-state index contributed by atoms with van der Waals surface area (Å²) in [4.78, 5) is 0. The second-order valence-electron chi connectivity index (χ2n) is 5.08. The van der Waals surface area contributed by atoms with Crippen molar-refractivity contribution < 1.29 is 9.84 Å². The fourth-order valence-corrected chi connectivity index (χ4v) is 3.07. The molecular formula is C14H19BrO2. The standard InChI is InChI=1S/C14H19BrO2/c1-3-5-14(2,16)9-11-8-12(15)7-10-4-6-17-13(10)11/h7-8,16H,3-6,9H2,1-2H3. The Morgan fingerprint density at radius 1 is 1.47 bits per heavy atom. The van der Waals surface area contributed by atoms with E-state index in [1.807, 2.05) is 6.92 Å². The molecule has 0 bridgehead atoms. The van der Waals surface area contributed by atoms with Gasteiger partial charge in [0.2, 0.25) is 0 Å². The average Bonchev–Trinajstić information content (AvgIpc) is 2.64. The number of hydrogen-bond acceptors (Lipinski definition) is 2. The number of fused-ring (bicyclic) bond motifs is 1. The summed E-state index contributed by atoms with van der Waals surface area (Å²) in [5, 5.41) is 10.3. The molecule has 0 fully saturated rings. The molecule has 1 aliphatic rings. The molecule has 17 heavy (non-hydrogen) atoms. The highest BCUT2D eigenvalue weighted by molar-refractivity contribution is 9.10. The molecule has 1 aliphatic heterocycles. The van der Waals surface area contributed by atoms with Crippen molar-refractivity contribution in [1.82, 2.24) is 0 Å². The summed E-state index contributed by atoms with van der Waals surface area (Å²) in [6, 6.07) is 4.18. The van der Waals surface area contributed by atoms with E-state index < -0.39 is 5.60 Å². The zero-order valence-electron chi connectivity index (χ0n) is 10.4. The van der Waals surface area contributed by atoms with Crippen molar-refractivity contribution in [2.24, 2.45) is 0 Å². The number of ether oxygens (including phenoxy) is 1. The van der Waals surface area contributed by atoms with Crippen LogP contribution in [0.5, 0.6) is 5.75 Å². The average molecular weight is 299 g/mol. The highest BCUT2D eigenvalue weighted by atomic mass is 79.9. The van der Waals surface area contributed by atoms with Crippen LogP contribution in [0.4, 0.5) is 0 Å². The summed E-state index contributed by atoms with van der Waals surface area (Å²) in [6.45, 7) is 4.75. The van der Waals surface area contributed by atoms with Gasteiger partial charge in [-0.05, 0) is 36.6 Å².